The number of carbonyl (C=O) groups excluding carboxylic acids is 1. The van der Waals surface area contributed by atoms with E-state index < -0.39 is 31.4 Å². The van der Waals surface area contributed by atoms with Crippen LogP contribution in [-0.2, 0) is 14.3 Å². The van der Waals surface area contributed by atoms with Crippen molar-refractivity contribution in [2.24, 2.45) is 0 Å². The number of hydrogen-bond acceptors (Lipinski definition) is 5. The molecule has 0 heterocycles. The smallest absolute Gasteiger partial charge is 0.336 e. The minimum absolute atomic E-state index is 0.380. The number of carbonyl (C=O) groups is 1. The summed E-state index contributed by atoms with van der Waals surface area (Å²) in [5.74, 6) is -0.570. The van der Waals surface area contributed by atoms with E-state index in [1.165, 1.54) is 0 Å². The standard InChI is InChI=1S/C27H42O5/c1-3-5-6-7-8-9-10-11-12-13-14-15-16-17-18-19-20-21-22-26(31-4-2)27(30)32-25(23-28)24-29/h5-6,8-9,11-12,14-15,17-18,20-21,25-26,28-29H,3-4,7,10,13,16,19,22-24H2,1-2H3. The zero-order chi connectivity index (χ0) is 23.7. The zero-order valence-electron chi connectivity index (χ0n) is 19.8. The zero-order valence-corrected chi connectivity index (χ0v) is 19.8. The Balaban J connectivity index is 3.98. The highest BCUT2D eigenvalue weighted by Crippen LogP contribution is 2.06. The normalized spacial score (nSPS) is 13.9. The van der Waals surface area contributed by atoms with E-state index >= 15 is 0 Å². The lowest BCUT2D eigenvalue weighted by atomic mass is 10.2. The molecule has 0 aliphatic heterocycles. The van der Waals surface area contributed by atoms with E-state index in [0.717, 1.165) is 38.5 Å². The van der Waals surface area contributed by atoms with Gasteiger partial charge in [0, 0.05) is 13.0 Å². The maximum Gasteiger partial charge on any atom is 0.336 e. The summed E-state index contributed by atoms with van der Waals surface area (Å²) in [6.45, 7) is 3.49. The Bertz CT molecular complexity index is 610. The molecule has 1 unspecified atom stereocenters. The summed E-state index contributed by atoms with van der Waals surface area (Å²) in [6, 6.07) is 0. The summed E-state index contributed by atoms with van der Waals surface area (Å²) < 4.78 is 10.4. The number of allylic oxidation sites excluding steroid dienone is 11. The van der Waals surface area contributed by atoms with E-state index in [2.05, 4.69) is 67.7 Å². The Morgan fingerprint density at radius 1 is 0.688 bits per heavy atom. The molecule has 0 fully saturated rings. The number of hydrogen-bond donors (Lipinski definition) is 2. The molecule has 180 valence electrons. The van der Waals surface area contributed by atoms with Crippen LogP contribution in [0.2, 0.25) is 0 Å². The topological polar surface area (TPSA) is 76.0 Å². The summed E-state index contributed by atoms with van der Waals surface area (Å²) >= 11 is 0. The van der Waals surface area contributed by atoms with Crippen molar-refractivity contribution in [2.45, 2.75) is 71.0 Å². The Hall–Kier alpha value is -2.21. The first-order valence-electron chi connectivity index (χ1n) is 11.6. The lowest BCUT2D eigenvalue weighted by Gasteiger charge is -2.18. The first-order chi connectivity index (χ1) is 15.7. The van der Waals surface area contributed by atoms with Gasteiger partial charge in [0.25, 0.3) is 0 Å². The monoisotopic (exact) mass is 446 g/mol. The molecule has 0 spiro atoms. The van der Waals surface area contributed by atoms with Gasteiger partial charge in [-0.15, -0.1) is 0 Å². The number of aliphatic hydroxyl groups excluding tert-OH is 2. The molecule has 0 radical (unpaired) electrons. The van der Waals surface area contributed by atoms with Gasteiger partial charge < -0.3 is 19.7 Å². The van der Waals surface area contributed by atoms with E-state index in [9.17, 15) is 4.79 Å². The average Bonchev–Trinajstić information content (AvgIpc) is 2.80. The summed E-state index contributed by atoms with van der Waals surface area (Å²) in [6.07, 6.45) is 29.9. The van der Waals surface area contributed by atoms with Gasteiger partial charge in [-0.25, -0.2) is 4.79 Å². The molecule has 0 saturated carbocycles. The second-order valence-electron chi connectivity index (χ2n) is 7.02. The third-order valence-electron chi connectivity index (χ3n) is 4.27. The van der Waals surface area contributed by atoms with Gasteiger partial charge in [-0.05, 0) is 45.4 Å². The van der Waals surface area contributed by atoms with Crippen LogP contribution in [0.3, 0.4) is 0 Å². The van der Waals surface area contributed by atoms with Gasteiger partial charge in [0.2, 0.25) is 0 Å². The van der Waals surface area contributed by atoms with Crippen molar-refractivity contribution in [1.82, 2.24) is 0 Å². The molecule has 0 bridgehead atoms. The lowest BCUT2D eigenvalue weighted by molar-refractivity contribution is -0.166. The number of aliphatic hydroxyl groups is 2. The predicted octanol–water partition coefficient (Wildman–Crippen LogP) is 5.38. The van der Waals surface area contributed by atoms with Crippen molar-refractivity contribution in [3.05, 3.63) is 72.9 Å². The SMILES string of the molecule is CCC=CCC=CCC=CCC=CCC=CCC=CCC(OCC)C(=O)OC(CO)CO. The number of rotatable bonds is 19. The van der Waals surface area contributed by atoms with Crippen molar-refractivity contribution in [3.63, 3.8) is 0 Å². The third kappa shape index (κ3) is 18.6. The molecule has 1 atom stereocenters. The van der Waals surface area contributed by atoms with Crippen molar-refractivity contribution in [3.8, 4) is 0 Å². The molecule has 5 heteroatoms. The van der Waals surface area contributed by atoms with Crippen LogP contribution in [0.4, 0.5) is 0 Å². The molecule has 0 aromatic rings. The van der Waals surface area contributed by atoms with E-state index in [0.29, 0.717) is 13.0 Å². The van der Waals surface area contributed by atoms with Crippen LogP contribution in [0.1, 0.15) is 58.8 Å². The van der Waals surface area contributed by atoms with Gasteiger partial charge in [0.05, 0.1) is 13.2 Å². The molecule has 0 amide bonds. The van der Waals surface area contributed by atoms with E-state index in [4.69, 9.17) is 19.7 Å². The molecule has 0 saturated heterocycles. The van der Waals surface area contributed by atoms with E-state index in [1.54, 1.807) is 6.92 Å². The minimum Gasteiger partial charge on any atom is -0.456 e. The summed E-state index contributed by atoms with van der Waals surface area (Å²) in [5, 5.41) is 18.0. The van der Waals surface area contributed by atoms with Gasteiger partial charge >= 0.3 is 5.97 Å². The molecule has 2 N–H and O–H groups in total. The van der Waals surface area contributed by atoms with Gasteiger partial charge in [-0.2, -0.15) is 0 Å². The molecule has 0 aliphatic carbocycles. The van der Waals surface area contributed by atoms with Crippen LogP contribution >= 0.6 is 0 Å². The Kier molecular flexibility index (Phi) is 21.8. The van der Waals surface area contributed by atoms with E-state index in [-0.39, 0.29) is 0 Å². The largest absolute Gasteiger partial charge is 0.456 e. The van der Waals surface area contributed by atoms with Crippen LogP contribution in [0.15, 0.2) is 72.9 Å². The number of ether oxygens (including phenoxy) is 2. The Morgan fingerprint density at radius 3 is 1.47 bits per heavy atom. The van der Waals surface area contributed by atoms with Crippen molar-refractivity contribution in [2.75, 3.05) is 19.8 Å². The maximum atomic E-state index is 12.0. The molecule has 32 heavy (non-hydrogen) atoms. The molecule has 0 aromatic carbocycles. The highest BCUT2D eigenvalue weighted by atomic mass is 16.6. The molecular formula is C27H42O5. The molecule has 0 aliphatic rings. The van der Waals surface area contributed by atoms with Crippen molar-refractivity contribution < 1.29 is 24.5 Å². The maximum absolute atomic E-state index is 12.0. The third-order valence-corrected chi connectivity index (χ3v) is 4.27. The fourth-order valence-corrected chi connectivity index (χ4v) is 2.55. The van der Waals surface area contributed by atoms with Gasteiger partial charge in [0.1, 0.15) is 6.10 Å². The Labute approximate surface area is 194 Å². The molecule has 0 aromatic heterocycles. The minimum atomic E-state index is -0.907. The average molecular weight is 447 g/mol. The van der Waals surface area contributed by atoms with Crippen molar-refractivity contribution >= 4 is 5.97 Å². The van der Waals surface area contributed by atoms with Crippen LogP contribution in [0.25, 0.3) is 0 Å². The summed E-state index contributed by atoms with van der Waals surface area (Å²) in [4.78, 5) is 12.0. The van der Waals surface area contributed by atoms with Crippen LogP contribution in [0.5, 0.6) is 0 Å². The lowest BCUT2D eigenvalue weighted by Crippen LogP contribution is -2.33. The van der Waals surface area contributed by atoms with Crippen LogP contribution < -0.4 is 0 Å². The van der Waals surface area contributed by atoms with E-state index in [1.807, 2.05) is 12.2 Å². The second-order valence-corrected chi connectivity index (χ2v) is 7.02. The molecular weight excluding hydrogens is 404 g/mol. The Morgan fingerprint density at radius 2 is 1.09 bits per heavy atom. The van der Waals surface area contributed by atoms with Crippen molar-refractivity contribution in [1.29, 1.82) is 0 Å². The highest BCUT2D eigenvalue weighted by Gasteiger charge is 2.22. The number of esters is 1. The summed E-state index contributed by atoms with van der Waals surface area (Å²) in [5.41, 5.74) is 0. The quantitative estimate of drug-likeness (QED) is 0.206. The van der Waals surface area contributed by atoms with Crippen LogP contribution in [0, 0.1) is 0 Å². The molecule has 0 rings (SSSR count). The first kappa shape index (κ1) is 29.8. The van der Waals surface area contributed by atoms with Crippen LogP contribution in [-0.4, -0.2) is 48.2 Å². The second kappa shape index (κ2) is 23.5. The van der Waals surface area contributed by atoms with Gasteiger partial charge in [0.15, 0.2) is 6.10 Å². The molecule has 5 nitrogen and oxygen atoms in total. The summed E-state index contributed by atoms with van der Waals surface area (Å²) in [7, 11) is 0. The fraction of sp³-hybridized carbons (Fsp3) is 0.519. The van der Waals surface area contributed by atoms with Gasteiger partial charge in [-0.1, -0.05) is 79.8 Å². The first-order valence-corrected chi connectivity index (χ1v) is 11.6. The fourth-order valence-electron chi connectivity index (χ4n) is 2.55. The predicted molar refractivity (Wildman–Crippen MR) is 132 cm³/mol. The van der Waals surface area contributed by atoms with Gasteiger partial charge in [-0.3, -0.25) is 0 Å². The highest BCUT2D eigenvalue weighted by molar-refractivity contribution is 5.75.